The van der Waals surface area contributed by atoms with Crippen molar-refractivity contribution in [3.63, 3.8) is 0 Å². The van der Waals surface area contributed by atoms with E-state index in [0.717, 1.165) is 12.2 Å². The maximum absolute atomic E-state index is 11.8. The van der Waals surface area contributed by atoms with Gasteiger partial charge in [0.2, 0.25) is 0 Å². The van der Waals surface area contributed by atoms with Gasteiger partial charge in [-0.3, -0.25) is 0 Å². The number of carboxylic acid groups (broad SMARTS) is 1. The summed E-state index contributed by atoms with van der Waals surface area (Å²) in [5.74, 6) is 0.245. The number of nitrogens with one attached hydrogen (secondary N) is 1. The summed E-state index contributed by atoms with van der Waals surface area (Å²) >= 11 is 1.73. The fraction of sp³-hybridized carbons (Fsp3) is 0.833. The van der Waals surface area contributed by atoms with Crippen molar-refractivity contribution in [3.8, 4) is 0 Å². The number of aliphatic carboxylic acids is 1. The zero-order valence-electron chi connectivity index (χ0n) is 11.6. The van der Waals surface area contributed by atoms with Gasteiger partial charge in [0.15, 0.2) is 0 Å². The third kappa shape index (κ3) is 7.42. The molecule has 0 aliphatic heterocycles. The molecule has 0 heterocycles. The normalized spacial score (nSPS) is 12.3. The lowest BCUT2D eigenvalue weighted by Crippen LogP contribution is -2.47. The Bertz CT molecular complexity index is 272. The van der Waals surface area contributed by atoms with E-state index in [1.54, 1.807) is 18.8 Å². The third-order valence-corrected chi connectivity index (χ3v) is 3.19. The van der Waals surface area contributed by atoms with Crippen molar-refractivity contribution in [1.82, 2.24) is 10.2 Å². The largest absolute Gasteiger partial charge is 0.480 e. The molecule has 6 heteroatoms. The molecule has 0 aromatic rings. The number of carboxylic acids is 1. The first kappa shape index (κ1) is 17.1. The molecule has 0 saturated carbocycles. The van der Waals surface area contributed by atoms with Crippen LogP contribution in [0.2, 0.25) is 0 Å². The van der Waals surface area contributed by atoms with Crippen LogP contribution in [0.5, 0.6) is 0 Å². The van der Waals surface area contributed by atoms with Gasteiger partial charge in [-0.2, -0.15) is 11.8 Å². The Hall–Kier alpha value is -0.910. The molecule has 5 nitrogen and oxygen atoms in total. The van der Waals surface area contributed by atoms with Crippen LogP contribution >= 0.6 is 11.8 Å². The smallest absolute Gasteiger partial charge is 0.326 e. The second-order valence-electron chi connectivity index (χ2n) is 4.74. The van der Waals surface area contributed by atoms with Gasteiger partial charge in [-0.1, -0.05) is 13.8 Å². The number of urea groups is 1. The number of nitrogens with zero attached hydrogens (tertiary/aromatic N) is 1. The molecule has 0 aliphatic rings. The van der Waals surface area contributed by atoms with E-state index < -0.39 is 12.0 Å². The molecule has 18 heavy (non-hydrogen) atoms. The van der Waals surface area contributed by atoms with E-state index in [1.807, 2.05) is 20.1 Å². The lowest BCUT2D eigenvalue weighted by Gasteiger charge is -2.22. The lowest BCUT2D eigenvalue weighted by atomic mass is 10.0. The number of carbonyl (C=O) groups excluding carboxylic acids is 1. The second-order valence-corrected chi connectivity index (χ2v) is 5.72. The molecule has 0 spiro atoms. The first-order valence-corrected chi connectivity index (χ1v) is 7.51. The summed E-state index contributed by atoms with van der Waals surface area (Å²) in [5.41, 5.74) is 0. The van der Waals surface area contributed by atoms with E-state index >= 15 is 0 Å². The van der Waals surface area contributed by atoms with Gasteiger partial charge in [-0.25, -0.2) is 9.59 Å². The molecular formula is C12H24N2O3S. The minimum atomic E-state index is -0.977. The highest BCUT2D eigenvalue weighted by Gasteiger charge is 2.22. The zero-order valence-corrected chi connectivity index (χ0v) is 12.4. The highest BCUT2D eigenvalue weighted by atomic mass is 32.2. The Balaban J connectivity index is 4.19. The van der Waals surface area contributed by atoms with Crippen molar-refractivity contribution in [2.24, 2.45) is 5.92 Å². The van der Waals surface area contributed by atoms with Gasteiger partial charge >= 0.3 is 12.0 Å². The van der Waals surface area contributed by atoms with E-state index in [-0.39, 0.29) is 11.9 Å². The molecule has 0 bridgehead atoms. The average molecular weight is 276 g/mol. The SMILES string of the molecule is CSCCCN(C)C(=O)NC(CC(C)C)C(=O)O. The highest BCUT2D eigenvalue weighted by Crippen LogP contribution is 2.06. The molecule has 1 unspecified atom stereocenters. The predicted molar refractivity (Wildman–Crippen MR) is 75.0 cm³/mol. The second kappa shape index (κ2) is 9.08. The molecule has 0 saturated heterocycles. The van der Waals surface area contributed by atoms with Crippen molar-refractivity contribution >= 4 is 23.8 Å². The Labute approximate surface area is 113 Å². The van der Waals surface area contributed by atoms with Crippen LogP contribution in [0, 0.1) is 5.92 Å². The molecular weight excluding hydrogens is 252 g/mol. The first-order chi connectivity index (χ1) is 8.38. The topological polar surface area (TPSA) is 69.6 Å². The standard InChI is InChI=1S/C12H24N2O3S/c1-9(2)8-10(11(15)16)13-12(17)14(3)6-5-7-18-4/h9-10H,5-8H2,1-4H3,(H,13,17)(H,15,16). The Morgan fingerprint density at radius 3 is 2.44 bits per heavy atom. The van der Waals surface area contributed by atoms with E-state index in [2.05, 4.69) is 5.32 Å². The van der Waals surface area contributed by atoms with Gasteiger partial charge in [0.1, 0.15) is 6.04 Å². The predicted octanol–water partition coefficient (Wildman–Crippen LogP) is 1.88. The van der Waals surface area contributed by atoms with Crippen molar-refractivity contribution in [3.05, 3.63) is 0 Å². The minimum absolute atomic E-state index is 0.230. The molecule has 0 fully saturated rings. The fourth-order valence-corrected chi connectivity index (χ4v) is 1.92. The molecule has 0 radical (unpaired) electrons. The van der Waals surface area contributed by atoms with Gasteiger partial charge in [-0.05, 0) is 30.8 Å². The Kier molecular flexibility index (Phi) is 8.62. The summed E-state index contributed by atoms with van der Waals surface area (Å²) in [6.45, 7) is 4.51. The van der Waals surface area contributed by atoms with Gasteiger partial charge in [0.05, 0.1) is 0 Å². The molecule has 106 valence electrons. The van der Waals surface area contributed by atoms with Crippen molar-refractivity contribution in [1.29, 1.82) is 0 Å². The summed E-state index contributed by atoms with van der Waals surface area (Å²) < 4.78 is 0. The summed E-state index contributed by atoms with van der Waals surface area (Å²) in [6, 6.07) is -1.12. The summed E-state index contributed by atoms with van der Waals surface area (Å²) in [5, 5.41) is 11.6. The molecule has 0 rings (SSSR count). The average Bonchev–Trinajstić information content (AvgIpc) is 2.27. The highest BCUT2D eigenvalue weighted by molar-refractivity contribution is 7.98. The molecule has 0 aliphatic carbocycles. The van der Waals surface area contributed by atoms with E-state index in [9.17, 15) is 9.59 Å². The summed E-state index contributed by atoms with van der Waals surface area (Å²) in [4.78, 5) is 24.3. The van der Waals surface area contributed by atoms with Crippen LogP contribution in [0.1, 0.15) is 26.7 Å². The van der Waals surface area contributed by atoms with E-state index in [0.29, 0.717) is 13.0 Å². The molecule has 2 amide bonds. The minimum Gasteiger partial charge on any atom is -0.480 e. The number of amides is 2. The molecule has 2 N–H and O–H groups in total. The lowest BCUT2D eigenvalue weighted by molar-refractivity contribution is -0.139. The molecule has 0 aromatic carbocycles. The van der Waals surface area contributed by atoms with Crippen LogP contribution < -0.4 is 5.32 Å². The van der Waals surface area contributed by atoms with Crippen molar-refractivity contribution in [2.45, 2.75) is 32.7 Å². The van der Waals surface area contributed by atoms with Crippen LogP contribution in [0.15, 0.2) is 0 Å². The van der Waals surface area contributed by atoms with Crippen LogP contribution in [0.3, 0.4) is 0 Å². The summed E-state index contributed by atoms with van der Waals surface area (Å²) in [6.07, 6.45) is 3.37. The van der Waals surface area contributed by atoms with Gasteiger partial charge < -0.3 is 15.3 Å². The number of hydrogen-bond acceptors (Lipinski definition) is 3. The Morgan fingerprint density at radius 2 is 2.00 bits per heavy atom. The van der Waals surface area contributed by atoms with Crippen LogP contribution in [-0.2, 0) is 4.79 Å². The van der Waals surface area contributed by atoms with E-state index in [4.69, 9.17) is 5.11 Å². The van der Waals surface area contributed by atoms with Crippen molar-refractivity contribution in [2.75, 3.05) is 25.6 Å². The van der Waals surface area contributed by atoms with Crippen LogP contribution in [0.25, 0.3) is 0 Å². The van der Waals surface area contributed by atoms with E-state index in [1.165, 1.54) is 4.90 Å². The van der Waals surface area contributed by atoms with Gasteiger partial charge in [0, 0.05) is 13.6 Å². The fourth-order valence-electron chi connectivity index (χ4n) is 1.50. The van der Waals surface area contributed by atoms with Crippen LogP contribution in [0.4, 0.5) is 4.79 Å². The summed E-state index contributed by atoms with van der Waals surface area (Å²) in [7, 11) is 1.68. The van der Waals surface area contributed by atoms with Gasteiger partial charge in [0.25, 0.3) is 0 Å². The number of thioether (sulfide) groups is 1. The van der Waals surface area contributed by atoms with Gasteiger partial charge in [-0.15, -0.1) is 0 Å². The quantitative estimate of drug-likeness (QED) is 0.664. The zero-order chi connectivity index (χ0) is 14.1. The monoisotopic (exact) mass is 276 g/mol. The maximum atomic E-state index is 11.8. The molecule has 0 aromatic heterocycles. The Morgan fingerprint density at radius 1 is 1.39 bits per heavy atom. The third-order valence-electron chi connectivity index (χ3n) is 2.49. The van der Waals surface area contributed by atoms with Crippen LogP contribution in [-0.4, -0.2) is 53.6 Å². The van der Waals surface area contributed by atoms with Crippen molar-refractivity contribution < 1.29 is 14.7 Å². The molecule has 1 atom stereocenters. The number of rotatable bonds is 8. The maximum Gasteiger partial charge on any atom is 0.326 e. The number of carbonyl (C=O) groups is 2. The number of hydrogen-bond donors (Lipinski definition) is 2. The first-order valence-electron chi connectivity index (χ1n) is 6.11.